The number of anilines is 2. The molecule has 0 saturated heterocycles. The summed E-state index contributed by atoms with van der Waals surface area (Å²) < 4.78 is 5.84. The first-order valence-corrected chi connectivity index (χ1v) is 13.8. The average Bonchev–Trinajstić information content (AvgIpc) is 3.40. The smallest absolute Gasteiger partial charge is 0.302 e. The van der Waals surface area contributed by atoms with Crippen molar-refractivity contribution in [2.24, 2.45) is 28.6 Å². The predicted octanol–water partition coefficient (Wildman–Crippen LogP) is 7.02. The second-order valence-electron chi connectivity index (χ2n) is 11.5. The fourth-order valence-electron chi connectivity index (χ4n) is 8.11. The normalized spacial score (nSPS) is 35.9. The standard InChI is InChI=1S/C29H36N2O2S/c1-18(32)33-25-13-12-21-20-10-11-23-26-24(15-17-28(23,2)22(20)14-16-29(21,25)3)30-27(34-26)31(4)19-8-6-5-7-9-19/h5-9,11,20-22,25H,10,12-17H2,1-4H3/t20-,21-,22-,25-,28+,29-/m0/s1. The van der Waals surface area contributed by atoms with Crippen LogP contribution in [0, 0.1) is 28.6 Å². The molecule has 4 aliphatic carbocycles. The van der Waals surface area contributed by atoms with Gasteiger partial charge in [-0.2, -0.15) is 0 Å². The first-order valence-electron chi connectivity index (χ1n) is 13.0. The van der Waals surface area contributed by atoms with E-state index in [2.05, 4.69) is 62.2 Å². The lowest BCUT2D eigenvalue weighted by atomic mass is 9.48. The number of para-hydroxylation sites is 1. The number of aromatic nitrogens is 1. The highest BCUT2D eigenvalue weighted by atomic mass is 32.1. The number of thiazole rings is 1. The maximum absolute atomic E-state index is 11.8. The van der Waals surface area contributed by atoms with Gasteiger partial charge in [-0.3, -0.25) is 4.79 Å². The number of hydrogen-bond donors (Lipinski definition) is 0. The van der Waals surface area contributed by atoms with Crippen LogP contribution in [0.15, 0.2) is 36.4 Å². The number of benzene rings is 1. The molecule has 2 fully saturated rings. The van der Waals surface area contributed by atoms with Gasteiger partial charge in [0.25, 0.3) is 0 Å². The van der Waals surface area contributed by atoms with Gasteiger partial charge < -0.3 is 9.64 Å². The summed E-state index contributed by atoms with van der Waals surface area (Å²) in [6, 6.07) is 10.5. The van der Waals surface area contributed by atoms with Crippen LogP contribution < -0.4 is 4.90 Å². The topological polar surface area (TPSA) is 42.4 Å². The molecule has 34 heavy (non-hydrogen) atoms. The van der Waals surface area contributed by atoms with E-state index < -0.39 is 0 Å². The number of rotatable bonds is 3. The van der Waals surface area contributed by atoms with Crippen molar-refractivity contribution in [3.05, 3.63) is 47.0 Å². The second kappa shape index (κ2) is 7.94. The molecule has 0 bridgehead atoms. The molecule has 2 saturated carbocycles. The molecule has 2 aromatic rings. The Morgan fingerprint density at radius 2 is 1.91 bits per heavy atom. The van der Waals surface area contributed by atoms with Crippen LogP contribution in [0.1, 0.15) is 69.9 Å². The van der Waals surface area contributed by atoms with E-state index in [0.29, 0.717) is 17.8 Å². The van der Waals surface area contributed by atoms with Crippen molar-refractivity contribution < 1.29 is 9.53 Å². The Balaban J connectivity index is 1.31. The van der Waals surface area contributed by atoms with E-state index >= 15 is 0 Å². The number of esters is 1. The maximum atomic E-state index is 11.8. The lowest BCUT2D eigenvalue weighted by Gasteiger charge is -2.56. The lowest BCUT2D eigenvalue weighted by Crippen LogP contribution is -2.50. The fourth-order valence-corrected chi connectivity index (χ4v) is 9.39. The summed E-state index contributed by atoms with van der Waals surface area (Å²) in [6.45, 7) is 6.51. The summed E-state index contributed by atoms with van der Waals surface area (Å²) in [4.78, 5) is 20.5. The van der Waals surface area contributed by atoms with Gasteiger partial charge >= 0.3 is 5.97 Å². The molecule has 0 spiro atoms. The van der Waals surface area contributed by atoms with Gasteiger partial charge in [0.2, 0.25) is 0 Å². The number of ether oxygens (including phenoxy) is 1. The van der Waals surface area contributed by atoms with Gasteiger partial charge in [-0.05, 0) is 85.8 Å². The highest BCUT2D eigenvalue weighted by Gasteiger charge is 2.59. The average molecular weight is 477 g/mol. The zero-order valence-corrected chi connectivity index (χ0v) is 21.7. The van der Waals surface area contributed by atoms with Gasteiger partial charge in [-0.1, -0.05) is 49.5 Å². The highest BCUT2D eigenvalue weighted by molar-refractivity contribution is 7.16. The van der Waals surface area contributed by atoms with Crippen LogP contribution in [0.25, 0.3) is 5.57 Å². The van der Waals surface area contributed by atoms with E-state index in [1.54, 1.807) is 12.5 Å². The van der Waals surface area contributed by atoms with Crippen molar-refractivity contribution in [1.29, 1.82) is 0 Å². The van der Waals surface area contributed by atoms with Crippen LogP contribution in [0.5, 0.6) is 0 Å². The first-order chi connectivity index (χ1) is 16.3. The molecule has 1 aromatic carbocycles. The molecule has 6 atom stereocenters. The van der Waals surface area contributed by atoms with E-state index in [-0.39, 0.29) is 22.9 Å². The third kappa shape index (κ3) is 3.22. The molecule has 0 aliphatic heterocycles. The zero-order chi connectivity index (χ0) is 23.7. The Kier molecular flexibility index (Phi) is 5.22. The Morgan fingerprint density at radius 3 is 2.68 bits per heavy atom. The number of nitrogens with zero attached hydrogens (tertiary/aromatic N) is 2. The minimum atomic E-state index is -0.118. The Bertz CT molecular complexity index is 1140. The van der Waals surface area contributed by atoms with Gasteiger partial charge in [0, 0.05) is 25.1 Å². The molecule has 0 radical (unpaired) electrons. The first kappa shape index (κ1) is 22.3. The zero-order valence-electron chi connectivity index (χ0n) is 20.8. The molecule has 1 aromatic heterocycles. The van der Waals surface area contributed by atoms with Crippen molar-refractivity contribution in [2.45, 2.75) is 71.8 Å². The quantitative estimate of drug-likeness (QED) is 0.446. The third-order valence-electron chi connectivity index (χ3n) is 9.93. The molecule has 180 valence electrons. The number of fused-ring (bicyclic) bond motifs is 7. The summed E-state index contributed by atoms with van der Waals surface area (Å²) in [5.41, 5.74) is 4.42. The predicted molar refractivity (Wildman–Crippen MR) is 138 cm³/mol. The van der Waals surface area contributed by atoms with Crippen molar-refractivity contribution >= 4 is 33.7 Å². The fraction of sp³-hybridized carbons (Fsp3) is 0.586. The minimum Gasteiger partial charge on any atom is -0.462 e. The molecule has 6 rings (SSSR count). The van der Waals surface area contributed by atoms with Crippen LogP contribution in [-0.4, -0.2) is 24.1 Å². The van der Waals surface area contributed by atoms with Crippen LogP contribution in [0.2, 0.25) is 0 Å². The summed E-state index contributed by atoms with van der Waals surface area (Å²) in [7, 11) is 2.13. The van der Waals surface area contributed by atoms with E-state index in [1.165, 1.54) is 41.9 Å². The van der Waals surface area contributed by atoms with Crippen molar-refractivity contribution in [3.63, 3.8) is 0 Å². The molecule has 1 heterocycles. The summed E-state index contributed by atoms with van der Waals surface area (Å²) >= 11 is 1.88. The van der Waals surface area contributed by atoms with E-state index in [9.17, 15) is 4.79 Å². The Labute approximate surface area is 207 Å². The number of carbonyl (C=O) groups is 1. The number of carbonyl (C=O) groups excluding carboxylic acids is 1. The van der Waals surface area contributed by atoms with E-state index in [0.717, 1.165) is 24.4 Å². The Hall–Kier alpha value is -2.14. The summed E-state index contributed by atoms with van der Waals surface area (Å²) in [5, 5.41) is 1.10. The SMILES string of the molecule is CC(=O)O[C@H]1CC[C@H]2[C@@H]3CC=C4c5sc(N(C)c6ccccc6)nc5CC[C@]4(C)[C@H]3CC[C@]12C. The van der Waals surface area contributed by atoms with E-state index in [4.69, 9.17) is 9.72 Å². The highest BCUT2D eigenvalue weighted by Crippen LogP contribution is 2.66. The summed E-state index contributed by atoms with van der Waals surface area (Å²) in [6.07, 6.45) is 10.8. The number of aryl methyl sites for hydroxylation is 1. The largest absolute Gasteiger partial charge is 0.462 e. The van der Waals surface area contributed by atoms with Gasteiger partial charge in [0.05, 0.1) is 10.6 Å². The number of hydrogen-bond acceptors (Lipinski definition) is 5. The van der Waals surface area contributed by atoms with Gasteiger partial charge in [0.1, 0.15) is 6.10 Å². The molecule has 0 unspecified atom stereocenters. The molecule has 0 N–H and O–H groups in total. The van der Waals surface area contributed by atoms with Crippen LogP contribution in [-0.2, 0) is 16.0 Å². The summed E-state index contributed by atoms with van der Waals surface area (Å²) in [5.74, 6) is 1.96. The second-order valence-corrected chi connectivity index (χ2v) is 12.5. The van der Waals surface area contributed by atoms with Crippen LogP contribution in [0.3, 0.4) is 0 Å². The molecule has 5 heteroatoms. The minimum absolute atomic E-state index is 0.102. The van der Waals surface area contributed by atoms with Crippen LogP contribution >= 0.6 is 11.3 Å². The third-order valence-corrected chi connectivity index (χ3v) is 11.1. The van der Waals surface area contributed by atoms with Gasteiger partial charge in [-0.25, -0.2) is 4.98 Å². The number of allylic oxidation sites excluding steroid dienone is 2. The van der Waals surface area contributed by atoms with Crippen LogP contribution in [0.4, 0.5) is 10.8 Å². The van der Waals surface area contributed by atoms with Gasteiger partial charge in [0.15, 0.2) is 5.13 Å². The molecule has 4 aliphatic rings. The van der Waals surface area contributed by atoms with Crippen molar-refractivity contribution in [2.75, 3.05) is 11.9 Å². The molecular weight excluding hydrogens is 440 g/mol. The maximum Gasteiger partial charge on any atom is 0.302 e. The molecule has 0 amide bonds. The lowest BCUT2D eigenvalue weighted by molar-refractivity contribution is -0.156. The Morgan fingerprint density at radius 1 is 1.12 bits per heavy atom. The molecular formula is C29H36N2O2S. The van der Waals surface area contributed by atoms with Crippen molar-refractivity contribution in [1.82, 2.24) is 4.98 Å². The van der Waals surface area contributed by atoms with Gasteiger partial charge in [-0.15, -0.1) is 0 Å². The molecule has 4 nitrogen and oxygen atoms in total. The van der Waals surface area contributed by atoms with Crippen molar-refractivity contribution in [3.8, 4) is 0 Å². The van der Waals surface area contributed by atoms with E-state index in [1.807, 2.05) is 11.3 Å². The monoisotopic (exact) mass is 476 g/mol.